The Kier molecular flexibility index (Phi) is 7.58. The Morgan fingerprint density at radius 3 is 2.83 bits per heavy atom. The van der Waals surface area contributed by atoms with Crippen LogP contribution in [0.2, 0.25) is 0 Å². The molecule has 1 aliphatic heterocycles. The molecule has 1 amide bonds. The quantitative estimate of drug-likeness (QED) is 0.731. The number of nitrogens with zero attached hydrogens (tertiary/aromatic N) is 1. The van der Waals surface area contributed by atoms with Crippen molar-refractivity contribution in [3.63, 3.8) is 0 Å². The van der Waals surface area contributed by atoms with Gasteiger partial charge in [0.1, 0.15) is 0 Å². The summed E-state index contributed by atoms with van der Waals surface area (Å²) < 4.78 is 16.1. The maximum atomic E-state index is 11.9. The number of benzene rings is 1. The van der Waals surface area contributed by atoms with E-state index >= 15 is 0 Å². The van der Waals surface area contributed by atoms with Gasteiger partial charge >= 0.3 is 0 Å². The molecule has 0 aromatic heterocycles. The van der Waals surface area contributed by atoms with Crippen LogP contribution in [-0.4, -0.2) is 63.9 Å². The standard InChI is InChI=1S/C18H26N2O4/c1-3-24-17-14-15(4-6-16(17)22-2)5-7-18(21)19-8-9-20-10-12-23-13-11-20/h4-7,14H,3,8-13H2,1-2H3,(H,19,21)/b7-5+. The molecule has 1 fully saturated rings. The van der Waals surface area contributed by atoms with Crippen LogP contribution in [0.3, 0.4) is 0 Å². The third-order valence-corrected chi connectivity index (χ3v) is 3.75. The van der Waals surface area contributed by atoms with Gasteiger partial charge in [-0.25, -0.2) is 0 Å². The van der Waals surface area contributed by atoms with Crippen LogP contribution in [0, 0.1) is 0 Å². The highest BCUT2D eigenvalue weighted by molar-refractivity contribution is 5.91. The smallest absolute Gasteiger partial charge is 0.244 e. The second kappa shape index (κ2) is 9.95. The zero-order chi connectivity index (χ0) is 17.2. The predicted octanol–water partition coefficient (Wildman–Crippen LogP) is 1.56. The molecule has 1 aromatic carbocycles. The summed E-state index contributed by atoms with van der Waals surface area (Å²) in [6.07, 6.45) is 3.31. The highest BCUT2D eigenvalue weighted by Crippen LogP contribution is 2.28. The molecule has 0 unspecified atom stereocenters. The van der Waals surface area contributed by atoms with E-state index in [0.717, 1.165) is 38.4 Å². The number of amides is 1. The van der Waals surface area contributed by atoms with Gasteiger partial charge in [-0.2, -0.15) is 0 Å². The van der Waals surface area contributed by atoms with E-state index in [1.807, 2.05) is 25.1 Å². The molecule has 0 atom stereocenters. The van der Waals surface area contributed by atoms with E-state index in [9.17, 15) is 4.79 Å². The fourth-order valence-corrected chi connectivity index (χ4v) is 2.46. The summed E-state index contributed by atoms with van der Waals surface area (Å²) >= 11 is 0. The lowest BCUT2D eigenvalue weighted by atomic mass is 10.2. The zero-order valence-corrected chi connectivity index (χ0v) is 14.4. The van der Waals surface area contributed by atoms with Crippen LogP contribution in [0.4, 0.5) is 0 Å². The van der Waals surface area contributed by atoms with Gasteiger partial charge in [0.15, 0.2) is 11.5 Å². The molecule has 1 heterocycles. The largest absolute Gasteiger partial charge is 0.493 e. The molecule has 1 aromatic rings. The molecule has 24 heavy (non-hydrogen) atoms. The summed E-state index contributed by atoms with van der Waals surface area (Å²) in [5.41, 5.74) is 0.891. The van der Waals surface area contributed by atoms with Crippen LogP contribution in [0.5, 0.6) is 11.5 Å². The van der Waals surface area contributed by atoms with Crippen LogP contribution in [0.15, 0.2) is 24.3 Å². The molecule has 6 heteroatoms. The number of nitrogens with one attached hydrogen (secondary N) is 1. The molecule has 132 valence electrons. The first kappa shape index (κ1) is 18.3. The fourth-order valence-electron chi connectivity index (χ4n) is 2.46. The van der Waals surface area contributed by atoms with Crippen molar-refractivity contribution in [1.29, 1.82) is 0 Å². The Balaban J connectivity index is 1.81. The molecule has 1 saturated heterocycles. The third-order valence-electron chi connectivity index (χ3n) is 3.75. The Bertz CT molecular complexity index is 554. The van der Waals surface area contributed by atoms with Crippen molar-refractivity contribution in [2.45, 2.75) is 6.92 Å². The van der Waals surface area contributed by atoms with Gasteiger partial charge in [-0.3, -0.25) is 9.69 Å². The number of methoxy groups -OCH3 is 1. The summed E-state index contributed by atoms with van der Waals surface area (Å²) in [4.78, 5) is 14.2. The number of morpholine rings is 1. The van der Waals surface area contributed by atoms with Gasteiger partial charge in [-0.1, -0.05) is 6.07 Å². The molecule has 0 radical (unpaired) electrons. The van der Waals surface area contributed by atoms with Crippen LogP contribution >= 0.6 is 0 Å². The summed E-state index contributed by atoms with van der Waals surface area (Å²) in [6.45, 7) is 7.36. The van der Waals surface area contributed by atoms with Crippen molar-refractivity contribution in [3.8, 4) is 11.5 Å². The first-order valence-corrected chi connectivity index (χ1v) is 8.29. The van der Waals surface area contributed by atoms with Gasteiger partial charge in [0.25, 0.3) is 0 Å². The normalized spacial score (nSPS) is 15.4. The van der Waals surface area contributed by atoms with Gasteiger partial charge in [0.2, 0.25) is 5.91 Å². The Labute approximate surface area is 143 Å². The van der Waals surface area contributed by atoms with Crippen LogP contribution in [0.1, 0.15) is 12.5 Å². The number of carbonyl (C=O) groups is 1. The monoisotopic (exact) mass is 334 g/mol. The van der Waals surface area contributed by atoms with Crippen molar-refractivity contribution in [1.82, 2.24) is 10.2 Å². The van der Waals surface area contributed by atoms with Crippen LogP contribution < -0.4 is 14.8 Å². The molecule has 0 saturated carbocycles. The van der Waals surface area contributed by atoms with E-state index in [1.54, 1.807) is 13.2 Å². The first-order chi connectivity index (χ1) is 11.7. The maximum absolute atomic E-state index is 11.9. The SMILES string of the molecule is CCOc1cc(/C=C/C(=O)NCCN2CCOCC2)ccc1OC. The fraction of sp³-hybridized carbons (Fsp3) is 0.500. The zero-order valence-electron chi connectivity index (χ0n) is 14.4. The second-order valence-electron chi connectivity index (χ2n) is 5.42. The van der Waals surface area contributed by atoms with Crippen molar-refractivity contribution < 1.29 is 19.0 Å². The minimum atomic E-state index is -0.1000. The molecule has 0 bridgehead atoms. The molecule has 6 nitrogen and oxygen atoms in total. The lowest BCUT2D eigenvalue weighted by Gasteiger charge is -2.26. The van der Waals surface area contributed by atoms with Gasteiger partial charge in [0.05, 0.1) is 26.9 Å². The molecule has 0 aliphatic carbocycles. The first-order valence-electron chi connectivity index (χ1n) is 8.29. The molecular weight excluding hydrogens is 308 g/mol. The minimum absolute atomic E-state index is 0.1000. The van der Waals surface area contributed by atoms with E-state index in [1.165, 1.54) is 6.08 Å². The Morgan fingerprint density at radius 1 is 1.33 bits per heavy atom. The van der Waals surface area contributed by atoms with Crippen molar-refractivity contribution in [3.05, 3.63) is 29.8 Å². The summed E-state index contributed by atoms with van der Waals surface area (Å²) in [5.74, 6) is 1.26. The van der Waals surface area contributed by atoms with Crippen molar-refractivity contribution in [2.75, 3.05) is 53.1 Å². The summed E-state index contributed by atoms with van der Waals surface area (Å²) in [6, 6.07) is 5.58. The molecule has 2 rings (SSSR count). The van der Waals surface area contributed by atoms with E-state index < -0.39 is 0 Å². The van der Waals surface area contributed by atoms with Gasteiger partial charge < -0.3 is 19.5 Å². The second-order valence-corrected chi connectivity index (χ2v) is 5.42. The predicted molar refractivity (Wildman–Crippen MR) is 93.5 cm³/mol. The number of hydrogen-bond donors (Lipinski definition) is 1. The number of rotatable bonds is 8. The lowest BCUT2D eigenvalue weighted by molar-refractivity contribution is -0.116. The molecule has 1 aliphatic rings. The average Bonchev–Trinajstić information content (AvgIpc) is 2.61. The average molecular weight is 334 g/mol. The highest BCUT2D eigenvalue weighted by Gasteiger charge is 2.09. The number of hydrogen-bond acceptors (Lipinski definition) is 5. The van der Waals surface area contributed by atoms with Gasteiger partial charge in [-0.05, 0) is 30.7 Å². The molecule has 0 spiro atoms. The van der Waals surface area contributed by atoms with Crippen LogP contribution in [0.25, 0.3) is 6.08 Å². The van der Waals surface area contributed by atoms with E-state index in [0.29, 0.717) is 24.7 Å². The Morgan fingerprint density at radius 2 is 2.12 bits per heavy atom. The summed E-state index contributed by atoms with van der Waals surface area (Å²) in [5, 5.41) is 2.90. The third kappa shape index (κ3) is 5.86. The van der Waals surface area contributed by atoms with Gasteiger partial charge in [0, 0.05) is 32.3 Å². The van der Waals surface area contributed by atoms with Crippen molar-refractivity contribution in [2.24, 2.45) is 0 Å². The van der Waals surface area contributed by atoms with Crippen molar-refractivity contribution >= 4 is 12.0 Å². The number of ether oxygens (including phenoxy) is 3. The maximum Gasteiger partial charge on any atom is 0.244 e. The molecule has 1 N–H and O–H groups in total. The van der Waals surface area contributed by atoms with Crippen LogP contribution in [-0.2, 0) is 9.53 Å². The number of carbonyl (C=O) groups excluding carboxylic acids is 1. The van der Waals surface area contributed by atoms with Gasteiger partial charge in [-0.15, -0.1) is 0 Å². The molecular formula is C18H26N2O4. The summed E-state index contributed by atoms with van der Waals surface area (Å²) in [7, 11) is 1.61. The van der Waals surface area contributed by atoms with E-state index in [2.05, 4.69) is 10.2 Å². The van der Waals surface area contributed by atoms with E-state index in [-0.39, 0.29) is 5.91 Å². The minimum Gasteiger partial charge on any atom is -0.493 e. The van der Waals surface area contributed by atoms with E-state index in [4.69, 9.17) is 14.2 Å². The topological polar surface area (TPSA) is 60.0 Å². The lowest BCUT2D eigenvalue weighted by Crippen LogP contribution is -2.41. The highest BCUT2D eigenvalue weighted by atomic mass is 16.5. The Hall–Kier alpha value is -2.05.